The third-order valence-electron chi connectivity index (χ3n) is 4.64. The summed E-state index contributed by atoms with van der Waals surface area (Å²) in [4.78, 5) is 14.5. The predicted octanol–water partition coefficient (Wildman–Crippen LogP) is 3.25. The summed E-state index contributed by atoms with van der Waals surface area (Å²) < 4.78 is 0. The van der Waals surface area contributed by atoms with Crippen LogP contribution >= 0.6 is 0 Å². The Kier molecular flexibility index (Phi) is 3.36. The van der Waals surface area contributed by atoms with Gasteiger partial charge in [-0.3, -0.25) is 4.79 Å². The summed E-state index contributed by atoms with van der Waals surface area (Å²) in [5.74, 6) is 0.0583. The number of benzene rings is 1. The van der Waals surface area contributed by atoms with E-state index in [0.717, 1.165) is 12.2 Å². The summed E-state index contributed by atoms with van der Waals surface area (Å²) >= 11 is 0. The molecule has 1 saturated carbocycles. The van der Waals surface area contributed by atoms with E-state index < -0.39 is 6.10 Å². The van der Waals surface area contributed by atoms with Crippen LogP contribution in [0.2, 0.25) is 0 Å². The lowest BCUT2D eigenvalue weighted by Crippen LogP contribution is -2.34. The molecule has 1 amide bonds. The Morgan fingerprint density at radius 1 is 1.33 bits per heavy atom. The van der Waals surface area contributed by atoms with Gasteiger partial charge in [0.2, 0.25) is 5.91 Å². The van der Waals surface area contributed by atoms with Crippen LogP contribution in [0.5, 0.6) is 0 Å². The highest BCUT2D eigenvalue weighted by molar-refractivity contribution is 5.97. The second kappa shape index (κ2) is 4.84. The molecule has 1 N–H and O–H groups in total. The molecular weight excluding hydrogens is 262 g/mol. The lowest BCUT2D eigenvalue weighted by molar-refractivity contribution is -0.120. The molecule has 2 aliphatic rings. The van der Waals surface area contributed by atoms with Gasteiger partial charge in [-0.25, -0.2) is 0 Å². The lowest BCUT2D eigenvalue weighted by atomic mass is 9.88. The van der Waals surface area contributed by atoms with Crippen molar-refractivity contribution in [1.29, 1.82) is 0 Å². The van der Waals surface area contributed by atoms with Gasteiger partial charge in [-0.05, 0) is 36.3 Å². The van der Waals surface area contributed by atoms with Crippen molar-refractivity contribution >= 4 is 11.6 Å². The molecular formula is C18H25NO2. The number of hydrogen-bond donors (Lipinski definition) is 1. The average Bonchev–Trinajstić information content (AvgIpc) is 3.06. The maximum Gasteiger partial charge on any atom is 0.229 e. The molecule has 114 valence electrons. The fraction of sp³-hybridized carbons (Fsp3) is 0.611. The van der Waals surface area contributed by atoms with Gasteiger partial charge in [-0.15, -0.1) is 0 Å². The summed E-state index contributed by atoms with van der Waals surface area (Å²) in [6.07, 6.45) is 2.68. The monoisotopic (exact) mass is 287 g/mol. The number of anilines is 1. The third-order valence-corrected chi connectivity index (χ3v) is 4.64. The Bertz CT molecular complexity index is 555. The van der Waals surface area contributed by atoms with Crippen molar-refractivity contribution in [1.82, 2.24) is 0 Å². The molecule has 1 fully saturated rings. The Morgan fingerprint density at radius 3 is 2.62 bits per heavy atom. The van der Waals surface area contributed by atoms with Crippen LogP contribution in [-0.2, 0) is 10.2 Å². The number of rotatable bonds is 3. The fourth-order valence-electron chi connectivity index (χ4n) is 3.52. The largest absolute Gasteiger partial charge is 0.393 e. The van der Waals surface area contributed by atoms with E-state index in [2.05, 4.69) is 32.9 Å². The molecule has 1 aromatic carbocycles. The average molecular weight is 287 g/mol. The molecule has 1 atom stereocenters. The van der Waals surface area contributed by atoms with Gasteiger partial charge in [0.25, 0.3) is 0 Å². The van der Waals surface area contributed by atoms with Crippen molar-refractivity contribution in [3.63, 3.8) is 0 Å². The quantitative estimate of drug-likeness (QED) is 0.927. The second-order valence-electron chi connectivity index (χ2n) is 7.90. The zero-order chi connectivity index (χ0) is 15.3. The van der Waals surface area contributed by atoms with Crippen molar-refractivity contribution in [3.8, 4) is 0 Å². The van der Waals surface area contributed by atoms with Gasteiger partial charge in [0.1, 0.15) is 0 Å². The molecule has 0 bridgehead atoms. The van der Waals surface area contributed by atoms with Crippen LogP contribution in [0, 0.1) is 5.41 Å². The van der Waals surface area contributed by atoms with Gasteiger partial charge in [0.05, 0.1) is 12.5 Å². The summed E-state index contributed by atoms with van der Waals surface area (Å²) in [5.41, 5.74) is 2.65. The summed E-state index contributed by atoms with van der Waals surface area (Å²) in [5, 5.41) is 10.2. The van der Waals surface area contributed by atoms with Gasteiger partial charge < -0.3 is 10.0 Å². The zero-order valence-electron chi connectivity index (χ0n) is 13.2. The Hall–Kier alpha value is -1.35. The van der Waals surface area contributed by atoms with E-state index in [-0.39, 0.29) is 23.2 Å². The maximum atomic E-state index is 12.6. The third kappa shape index (κ3) is 2.84. The fourth-order valence-corrected chi connectivity index (χ4v) is 3.52. The van der Waals surface area contributed by atoms with E-state index in [0.29, 0.717) is 6.42 Å². The van der Waals surface area contributed by atoms with Crippen LogP contribution in [0.1, 0.15) is 52.0 Å². The normalized spacial score (nSPS) is 20.5. The van der Waals surface area contributed by atoms with Crippen LogP contribution in [0.4, 0.5) is 5.69 Å². The van der Waals surface area contributed by atoms with Crippen molar-refractivity contribution in [3.05, 3.63) is 29.8 Å². The van der Waals surface area contributed by atoms with Crippen LogP contribution in [0.3, 0.4) is 0 Å². The van der Waals surface area contributed by atoms with Crippen molar-refractivity contribution in [2.75, 3.05) is 11.4 Å². The lowest BCUT2D eigenvalue weighted by Gasteiger charge is -2.24. The highest BCUT2D eigenvalue weighted by atomic mass is 16.3. The van der Waals surface area contributed by atoms with Crippen LogP contribution in [0.15, 0.2) is 24.3 Å². The Morgan fingerprint density at radius 2 is 2.00 bits per heavy atom. The van der Waals surface area contributed by atoms with Gasteiger partial charge in [-0.1, -0.05) is 39.0 Å². The number of aliphatic hydroxyl groups is 1. The molecule has 1 aromatic rings. The standard InChI is InChI=1S/C18H25NO2/c1-17(2,3)11-13(20)10-16(21)19-12-18(8-9-18)14-6-4-5-7-15(14)19/h4-7,13,20H,8-12H2,1-3H3. The van der Waals surface area contributed by atoms with E-state index >= 15 is 0 Å². The molecule has 0 aromatic heterocycles. The number of para-hydroxylation sites is 1. The first-order valence-electron chi connectivity index (χ1n) is 7.89. The highest BCUT2D eigenvalue weighted by Gasteiger charge is 2.52. The summed E-state index contributed by atoms with van der Waals surface area (Å²) in [6.45, 7) is 7.06. The first-order valence-corrected chi connectivity index (χ1v) is 7.89. The highest BCUT2D eigenvalue weighted by Crippen LogP contribution is 2.56. The van der Waals surface area contributed by atoms with E-state index in [1.165, 1.54) is 18.4 Å². The number of carbonyl (C=O) groups is 1. The Labute approximate surface area is 127 Å². The van der Waals surface area contributed by atoms with E-state index in [4.69, 9.17) is 0 Å². The molecule has 21 heavy (non-hydrogen) atoms. The van der Waals surface area contributed by atoms with Gasteiger partial charge in [-0.2, -0.15) is 0 Å². The van der Waals surface area contributed by atoms with Crippen LogP contribution in [0.25, 0.3) is 0 Å². The molecule has 3 nitrogen and oxygen atoms in total. The first kappa shape index (κ1) is 14.6. The minimum Gasteiger partial charge on any atom is -0.393 e. The predicted molar refractivity (Wildman–Crippen MR) is 84.4 cm³/mol. The molecule has 3 heteroatoms. The van der Waals surface area contributed by atoms with Gasteiger partial charge >= 0.3 is 0 Å². The molecule has 3 rings (SSSR count). The molecule has 1 aliphatic carbocycles. The van der Waals surface area contributed by atoms with Crippen molar-refractivity contribution < 1.29 is 9.90 Å². The van der Waals surface area contributed by atoms with E-state index in [9.17, 15) is 9.90 Å². The maximum absolute atomic E-state index is 12.6. The minimum atomic E-state index is -0.555. The number of nitrogens with zero attached hydrogens (tertiary/aromatic N) is 1. The minimum absolute atomic E-state index is 0.0420. The molecule has 1 aliphatic heterocycles. The molecule has 0 saturated heterocycles. The first-order chi connectivity index (χ1) is 9.81. The van der Waals surface area contributed by atoms with Crippen LogP contribution < -0.4 is 4.90 Å². The topological polar surface area (TPSA) is 40.5 Å². The molecule has 1 spiro atoms. The number of hydrogen-bond acceptors (Lipinski definition) is 2. The van der Waals surface area contributed by atoms with E-state index in [1.807, 2.05) is 17.0 Å². The van der Waals surface area contributed by atoms with Crippen molar-refractivity contribution in [2.45, 2.75) is 58.0 Å². The number of amides is 1. The SMILES string of the molecule is CC(C)(C)CC(O)CC(=O)N1CC2(CC2)c2ccccc21. The molecule has 1 heterocycles. The molecule has 1 unspecified atom stereocenters. The number of fused-ring (bicyclic) bond motifs is 2. The van der Waals surface area contributed by atoms with Crippen LogP contribution in [-0.4, -0.2) is 23.7 Å². The number of carbonyl (C=O) groups excluding carboxylic acids is 1. The van der Waals surface area contributed by atoms with E-state index in [1.54, 1.807) is 0 Å². The smallest absolute Gasteiger partial charge is 0.229 e. The van der Waals surface area contributed by atoms with Crippen molar-refractivity contribution in [2.24, 2.45) is 5.41 Å². The zero-order valence-corrected chi connectivity index (χ0v) is 13.2. The summed E-state index contributed by atoms with van der Waals surface area (Å²) in [6, 6.07) is 8.24. The van der Waals surface area contributed by atoms with Gasteiger partial charge in [0.15, 0.2) is 0 Å². The van der Waals surface area contributed by atoms with Gasteiger partial charge in [0, 0.05) is 17.6 Å². The number of aliphatic hydroxyl groups excluding tert-OH is 1. The summed E-state index contributed by atoms with van der Waals surface area (Å²) in [7, 11) is 0. The second-order valence-corrected chi connectivity index (χ2v) is 7.90. The molecule has 0 radical (unpaired) electrons. The Balaban J connectivity index is 1.72.